The SMILES string of the molecule is O=Cc1cccc(/C(=C/c2ccccc2)c2ccccc2)c1. The first-order valence-electron chi connectivity index (χ1n) is 7.24. The summed E-state index contributed by atoms with van der Waals surface area (Å²) < 4.78 is 0. The Bertz CT molecular complexity index is 786. The molecular formula is C21H16O. The summed E-state index contributed by atoms with van der Waals surface area (Å²) in [6.45, 7) is 0. The van der Waals surface area contributed by atoms with Gasteiger partial charge in [0.25, 0.3) is 0 Å². The normalized spacial score (nSPS) is 11.2. The first-order chi connectivity index (χ1) is 10.9. The molecule has 3 rings (SSSR count). The lowest BCUT2D eigenvalue weighted by atomic mass is 9.94. The highest BCUT2D eigenvalue weighted by molar-refractivity contribution is 5.92. The number of rotatable bonds is 4. The average Bonchev–Trinajstić information content (AvgIpc) is 2.61. The van der Waals surface area contributed by atoms with Crippen molar-refractivity contribution in [1.82, 2.24) is 0 Å². The van der Waals surface area contributed by atoms with E-state index in [0.29, 0.717) is 5.56 Å². The van der Waals surface area contributed by atoms with Gasteiger partial charge < -0.3 is 0 Å². The van der Waals surface area contributed by atoms with Gasteiger partial charge in [-0.15, -0.1) is 0 Å². The maximum atomic E-state index is 11.1. The van der Waals surface area contributed by atoms with Crippen molar-refractivity contribution in [1.29, 1.82) is 0 Å². The highest BCUT2D eigenvalue weighted by Crippen LogP contribution is 2.26. The fourth-order valence-corrected chi connectivity index (χ4v) is 2.45. The summed E-state index contributed by atoms with van der Waals surface area (Å²) in [7, 11) is 0. The van der Waals surface area contributed by atoms with Crippen LogP contribution in [0.4, 0.5) is 0 Å². The molecule has 0 aliphatic heterocycles. The van der Waals surface area contributed by atoms with Gasteiger partial charge in [0, 0.05) is 5.56 Å². The summed E-state index contributed by atoms with van der Waals surface area (Å²) in [4.78, 5) is 11.1. The predicted octanol–water partition coefficient (Wildman–Crippen LogP) is 5.09. The Morgan fingerprint density at radius 3 is 1.91 bits per heavy atom. The first kappa shape index (κ1) is 14.0. The van der Waals surface area contributed by atoms with Gasteiger partial charge in [0.05, 0.1) is 0 Å². The van der Waals surface area contributed by atoms with Crippen LogP contribution in [-0.2, 0) is 0 Å². The Labute approximate surface area is 130 Å². The molecule has 3 aromatic rings. The number of carbonyl (C=O) groups excluding carboxylic acids is 1. The van der Waals surface area contributed by atoms with Crippen molar-refractivity contribution >= 4 is 17.9 Å². The minimum absolute atomic E-state index is 0.687. The van der Waals surface area contributed by atoms with E-state index in [2.05, 4.69) is 30.3 Å². The van der Waals surface area contributed by atoms with E-state index in [1.54, 1.807) is 0 Å². The van der Waals surface area contributed by atoms with Gasteiger partial charge >= 0.3 is 0 Å². The van der Waals surface area contributed by atoms with Crippen LogP contribution in [0.15, 0.2) is 84.9 Å². The van der Waals surface area contributed by atoms with Crippen LogP contribution in [0, 0.1) is 0 Å². The summed E-state index contributed by atoms with van der Waals surface area (Å²) >= 11 is 0. The molecule has 0 heterocycles. The van der Waals surface area contributed by atoms with Crippen molar-refractivity contribution in [2.24, 2.45) is 0 Å². The Morgan fingerprint density at radius 1 is 0.636 bits per heavy atom. The summed E-state index contributed by atoms with van der Waals surface area (Å²) in [6, 6.07) is 28.1. The molecule has 0 aliphatic rings. The van der Waals surface area contributed by atoms with Gasteiger partial charge in [-0.25, -0.2) is 0 Å². The van der Waals surface area contributed by atoms with Crippen LogP contribution >= 0.6 is 0 Å². The van der Waals surface area contributed by atoms with Gasteiger partial charge in [0.2, 0.25) is 0 Å². The predicted molar refractivity (Wildman–Crippen MR) is 91.7 cm³/mol. The number of carbonyl (C=O) groups is 1. The van der Waals surface area contributed by atoms with Crippen molar-refractivity contribution in [3.05, 3.63) is 107 Å². The topological polar surface area (TPSA) is 17.1 Å². The molecule has 0 fully saturated rings. The van der Waals surface area contributed by atoms with E-state index in [-0.39, 0.29) is 0 Å². The van der Waals surface area contributed by atoms with E-state index >= 15 is 0 Å². The Morgan fingerprint density at radius 2 is 1.23 bits per heavy atom. The summed E-state index contributed by atoms with van der Waals surface area (Å²) in [6.07, 6.45) is 3.04. The molecule has 0 saturated heterocycles. The van der Waals surface area contributed by atoms with E-state index in [1.165, 1.54) is 0 Å². The third-order valence-corrected chi connectivity index (χ3v) is 3.53. The molecule has 0 atom stereocenters. The van der Waals surface area contributed by atoms with Crippen molar-refractivity contribution in [3.63, 3.8) is 0 Å². The molecule has 0 bridgehead atoms. The molecule has 1 nitrogen and oxygen atoms in total. The molecule has 0 aromatic heterocycles. The smallest absolute Gasteiger partial charge is 0.150 e. The molecule has 3 aromatic carbocycles. The second kappa shape index (κ2) is 6.68. The lowest BCUT2D eigenvalue weighted by Gasteiger charge is -2.09. The fourth-order valence-electron chi connectivity index (χ4n) is 2.45. The number of aldehydes is 1. The van der Waals surface area contributed by atoms with Crippen LogP contribution < -0.4 is 0 Å². The largest absolute Gasteiger partial charge is 0.298 e. The van der Waals surface area contributed by atoms with E-state index in [1.807, 2.05) is 60.7 Å². The van der Waals surface area contributed by atoms with Crippen molar-refractivity contribution < 1.29 is 4.79 Å². The van der Waals surface area contributed by atoms with Gasteiger partial charge in [-0.3, -0.25) is 4.79 Å². The number of benzene rings is 3. The highest BCUT2D eigenvalue weighted by atomic mass is 16.1. The lowest BCUT2D eigenvalue weighted by molar-refractivity contribution is 0.112. The number of hydrogen-bond donors (Lipinski definition) is 0. The zero-order valence-electron chi connectivity index (χ0n) is 12.1. The van der Waals surface area contributed by atoms with E-state index in [0.717, 1.165) is 28.5 Å². The molecule has 106 valence electrons. The third-order valence-electron chi connectivity index (χ3n) is 3.53. The van der Waals surface area contributed by atoms with E-state index < -0.39 is 0 Å². The first-order valence-corrected chi connectivity index (χ1v) is 7.24. The van der Waals surface area contributed by atoms with E-state index in [9.17, 15) is 4.79 Å². The van der Waals surface area contributed by atoms with Crippen LogP contribution in [0.5, 0.6) is 0 Å². The standard InChI is InChI=1S/C21H16O/c22-16-18-10-7-13-20(14-18)21(19-11-5-2-6-12-19)15-17-8-3-1-4-9-17/h1-16H/b21-15+. The molecular weight excluding hydrogens is 268 g/mol. The zero-order valence-corrected chi connectivity index (χ0v) is 12.1. The second-order valence-electron chi connectivity index (χ2n) is 5.08. The summed E-state index contributed by atoms with van der Waals surface area (Å²) in [5.41, 5.74) is 5.11. The number of hydrogen-bond acceptors (Lipinski definition) is 1. The Balaban J connectivity index is 2.15. The molecule has 22 heavy (non-hydrogen) atoms. The van der Waals surface area contributed by atoms with E-state index in [4.69, 9.17) is 0 Å². The summed E-state index contributed by atoms with van der Waals surface area (Å²) in [5.74, 6) is 0. The highest BCUT2D eigenvalue weighted by Gasteiger charge is 2.06. The van der Waals surface area contributed by atoms with Gasteiger partial charge in [-0.05, 0) is 34.4 Å². The molecule has 0 unspecified atom stereocenters. The molecule has 0 spiro atoms. The zero-order chi connectivity index (χ0) is 15.2. The maximum Gasteiger partial charge on any atom is 0.150 e. The molecule has 0 amide bonds. The van der Waals surface area contributed by atoms with Gasteiger partial charge in [-0.1, -0.05) is 78.9 Å². The average molecular weight is 284 g/mol. The molecule has 0 aliphatic carbocycles. The quantitative estimate of drug-likeness (QED) is 0.482. The third kappa shape index (κ3) is 3.21. The maximum absolute atomic E-state index is 11.1. The Hall–Kier alpha value is -2.93. The van der Waals surface area contributed by atoms with Crippen LogP contribution in [0.3, 0.4) is 0 Å². The van der Waals surface area contributed by atoms with Crippen LogP contribution in [0.2, 0.25) is 0 Å². The van der Waals surface area contributed by atoms with Crippen LogP contribution in [0.25, 0.3) is 11.6 Å². The lowest BCUT2D eigenvalue weighted by Crippen LogP contribution is -1.90. The Kier molecular flexibility index (Phi) is 4.26. The van der Waals surface area contributed by atoms with Crippen molar-refractivity contribution in [2.45, 2.75) is 0 Å². The van der Waals surface area contributed by atoms with Gasteiger partial charge in [-0.2, -0.15) is 0 Å². The second-order valence-corrected chi connectivity index (χ2v) is 5.08. The molecule has 0 radical (unpaired) electrons. The summed E-state index contributed by atoms with van der Waals surface area (Å²) in [5, 5.41) is 0. The molecule has 0 N–H and O–H groups in total. The van der Waals surface area contributed by atoms with Gasteiger partial charge in [0.15, 0.2) is 0 Å². The minimum Gasteiger partial charge on any atom is -0.298 e. The van der Waals surface area contributed by atoms with Crippen LogP contribution in [-0.4, -0.2) is 6.29 Å². The molecule has 0 saturated carbocycles. The molecule has 1 heteroatoms. The monoisotopic (exact) mass is 284 g/mol. The fraction of sp³-hybridized carbons (Fsp3) is 0. The minimum atomic E-state index is 0.687. The van der Waals surface area contributed by atoms with Crippen molar-refractivity contribution in [3.8, 4) is 0 Å². The van der Waals surface area contributed by atoms with Crippen LogP contribution in [0.1, 0.15) is 27.0 Å². The van der Waals surface area contributed by atoms with Crippen molar-refractivity contribution in [2.75, 3.05) is 0 Å². The van der Waals surface area contributed by atoms with Gasteiger partial charge in [0.1, 0.15) is 6.29 Å².